The lowest BCUT2D eigenvalue weighted by Gasteiger charge is -2.20. The van der Waals surface area contributed by atoms with Gasteiger partial charge in [0.25, 0.3) is 5.56 Å². The number of halogens is 6. The Kier molecular flexibility index (Phi) is 7.25. The summed E-state index contributed by atoms with van der Waals surface area (Å²) in [5.41, 5.74) is -3.06. The van der Waals surface area contributed by atoms with Gasteiger partial charge in [0.1, 0.15) is 11.9 Å². The number of rotatable bonds is 7. The first-order chi connectivity index (χ1) is 16.4. The largest absolute Gasteiger partial charge is 0.481 e. The molecule has 0 spiro atoms. The minimum absolute atomic E-state index is 0.0749. The molecule has 14 heteroatoms. The monoisotopic (exact) mass is 515 g/mol. The third kappa shape index (κ3) is 5.02. The fraction of sp³-hybridized carbons (Fsp3) is 0.286. The van der Waals surface area contributed by atoms with Gasteiger partial charge in [0, 0.05) is 16.8 Å². The lowest BCUT2D eigenvalue weighted by Crippen LogP contribution is -2.32. The van der Waals surface area contributed by atoms with Gasteiger partial charge in [-0.3, -0.25) is 9.36 Å². The number of aromatic nitrogens is 4. The number of alkyl halides is 4. The molecule has 3 aromatic rings. The molecule has 0 bridgehead atoms. The van der Waals surface area contributed by atoms with Crippen LogP contribution in [0.15, 0.2) is 23.3 Å². The number of nitrogens with zero attached hydrogens (tertiary/aromatic N) is 5. The molecule has 8 nitrogen and oxygen atoms in total. The molecule has 0 aliphatic rings. The molecular weight excluding hydrogens is 501 g/mol. The van der Waals surface area contributed by atoms with Crippen molar-refractivity contribution in [3.8, 4) is 23.4 Å². The van der Waals surface area contributed by atoms with Gasteiger partial charge in [-0.25, -0.2) is 23.1 Å². The van der Waals surface area contributed by atoms with Crippen LogP contribution in [-0.4, -0.2) is 33.1 Å². The molecule has 0 radical (unpaired) electrons. The molecule has 0 amide bonds. The first kappa shape index (κ1) is 25.8. The molecule has 0 N–H and O–H groups in total. The van der Waals surface area contributed by atoms with E-state index in [2.05, 4.69) is 15.0 Å². The second-order valence-electron chi connectivity index (χ2n) is 7.10. The van der Waals surface area contributed by atoms with Crippen LogP contribution in [0.3, 0.4) is 0 Å². The summed E-state index contributed by atoms with van der Waals surface area (Å²) in [6.07, 6.45) is -3.66. The Morgan fingerprint density at radius 3 is 2.54 bits per heavy atom. The second kappa shape index (κ2) is 9.83. The predicted octanol–water partition coefficient (Wildman–Crippen LogP) is 4.52. The van der Waals surface area contributed by atoms with Gasteiger partial charge in [-0.1, -0.05) is 11.6 Å². The fourth-order valence-electron chi connectivity index (χ4n) is 3.07. The van der Waals surface area contributed by atoms with Gasteiger partial charge in [-0.15, -0.1) is 0 Å². The number of benzene rings is 1. The lowest BCUT2D eigenvalue weighted by atomic mass is 10.2. The van der Waals surface area contributed by atoms with E-state index in [1.54, 1.807) is 13.8 Å². The molecular formula is C21H15ClF5N5O3. The zero-order valence-electron chi connectivity index (χ0n) is 18.2. The van der Waals surface area contributed by atoms with Crippen LogP contribution in [0, 0.1) is 31.0 Å². The molecule has 1 aromatic carbocycles. The van der Waals surface area contributed by atoms with Crippen molar-refractivity contribution in [2.45, 2.75) is 32.7 Å². The summed E-state index contributed by atoms with van der Waals surface area (Å²) in [6, 6.07) is 3.19. The molecule has 0 unspecified atom stereocenters. The Bertz CT molecular complexity index is 1390. The third-order valence-corrected chi connectivity index (χ3v) is 4.95. The maximum atomic E-state index is 14.6. The lowest BCUT2D eigenvalue weighted by molar-refractivity contribution is -0.139. The highest BCUT2D eigenvalue weighted by Gasteiger charge is 2.48. The van der Waals surface area contributed by atoms with E-state index in [0.717, 1.165) is 16.7 Å². The van der Waals surface area contributed by atoms with Gasteiger partial charge in [0.2, 0.25) is 11.6 Å². The van der Waals surface area contributed by atoms with Crippen molar-refractivity contribution in [1.29, 1.82) is 5.26 Å². The van der Waals surface area contributed by atoms with Gasteiger partial charge < -0.3 is 9.47 Å². The van der Waals surface area contributed by atoms with Crippen molar-refractivity contribution in [2.24, 2.45) is 0 Å². The summed E-state index contributed by atoms with van der Waals surface area (Å²) in [5, 5.41) is 8.79. The zero-order valence-corrected chi connectivity index (χ0v) is 19.0. The summed E-state index contributed by atoms with van der Waals surface area (Å²) < 4.78 is 80.4. The second-order valence-corrected chi connectivity index (χ2v) is 7.54. The summed E-state index contributed by atoms with van der Waals surface area (Å²) in [4.78, 5) is 24.7. The smallest absolute Gasteiger partial charge is 0.352 e. The van der Waals surface area contributed by atoms with Crippen molar-refractivity contribution < 1.29 is 31.4 Å². The molecule has 184 valence electrons. The summed E-state index contributed by atoms with van der Waals surface area (Å²) >= 11 is 5.80. The van der Waals surface area contributed by atoms with Crippen molar-refractivity contribution in [1.82, 2.24) is 19.5 Å². The average molecular weight is 516 g/mol. The highest BCUT2D eigenvalue weighted by Crippen LogP contribution is 2.39. The van der Waals surface area contributed by atoms with Gasteiger partial charge >= 0.3 is 12.3 Å². The molecule has 3 rings (SSSR count). The Balaban J connectivity index is 2.23. The van der Waals surface area contributed by atoms with Gasteiger partial charge in [0.15, 0.2) is 17.3 Å². The quantitative estimate of drug-likeness (QED) is 0.426. The Morgan fingerprint density at radius 1 is 1.26 bits per heavy atom. The highest BCUT2D eigenvalue weighted by atomic mass is 35.5. The van der Waals surface area contributed by atoms with E-state index in [9.17, 15) is 26.7 Å². The highest BCUT2D eigenvalue weighted by molar-refractivity contribution is 6.30. The Hall–Kier alpha value is -3.79. The van der Waals surface area contributed by atoms with Crippen LogP contribution in [0.25, 0.3) is 0 Å². The minimum atomic E-state index is -4.93. The molecule has 0 atom stereocenters. The van der Waals surface area contributed by atoms with Gasteiger partial charge in [-0.2, -0.15) is 19.0 Å². The number of ether oxygens (including phenoxy) is 2. The average Bonchev–Trinajstić information content (AvgIpc) is 2.79. The van der Waals surface area contributed by atoms with Crippen molar-refractivity contribution in [2.75, 3.05) is 7.11 Å². The maximum absolute atomic E-state index is 14.6. The van der Waals surface area contributed by atoms with Crippen LogP contribution >= 0.6 is 11.6 Å². The van der Waals surface area contributed by atoms with E-state index in [-0.39, 0.29) is 23.0 Å². The van der Waals surface area contributed by atoms with Crippen LogP contribution < -0.4 is 15.0 Å². The molecule has 2 heterocycles. The van der Waals surface area contributed by atoms with Crippen LogP contribution in [-0.2, 0) is 12.5 Å². The number of aryl methyl sites for hydroxylation is 2. The number of hydrogen-bond acceptors (Lipinski definition) is 7. The normalized spacial score (nSPS) is 11.5. The summed E-state index contributed by atoms with van der Waals surface area (Å²) in [5.74, 6) is -8.14. The number of hydrogen-bond donors (Lipinski definition) is 0. The van der Waals surface area contributed by atoms with Crippen molar-refractivity contribution >= 4 is 11.6 Å². The number of methoxy groups -OCH3 is 1. The SMILES string of the molecule is COc1nc(C)nc(C)c1Cn1cnc(C(F)(F)C(F)F)c(Oc2cc(Cl)cc(C#N)c2F)c1=O. The zero-order chi connectivity index (χ0) is 26.1. The van der Waals surface area contributed by atoms with Crippen LogP contribution in [0.2, 0.25) is 5.02 Å². The maximum Gasteiger partial charge on any atom is 0.352 e. The van der Waals surface area contributed by atoms with E-state index < -0.39 is 46.5 Å². The molecule has 0 aliphatic heterocycles. The summed E-state index contributed by atoms with van der Waals surface area (Å²) in [6.45, 7) is 2.79. The van der Waals surface area contributed by atoms with Crippen LogP contribution in [0.1, 0.15) is 28.3 Å². The van der Waals surface area contributed by atoms with Crippen molar-refractivity contribution in [3.05, 3.63) is 68.0 Å². The fourth-order valence-corrected chi connectivity index (χ4v) is 3.28. The minimum Gasteiger partial charge on any atom is -0.481 e. The van der Waals surface area contributed by atoms with Crippen LogP contribution in [0.5, 0.6) is 17.4 Å². The van der Waals surface area contributed by atoms with E-state index in [4.69, 9.17) is 26.3 Å². The number of nitriles is 1. The van der Waals surface area contributed by atoms with Crippen molar-refractivity contribution in [3.63, 3.8) is 0 Å². The third-order valence-electron chi connectivity index (χ3n) is 4.73. The molecule has 0 aliphatic carbocycles. The summed E-state index contributed by atoms with van der Waals surface area (Å²) in [7, 11) is 1.31. The van der Waals surface area contributed by atoms with E-state index in [0.29, 0.717) is 17.8 Å². The topological polar surface area (TPSA) is 103 Å². The molecule has 2 aromatic heterocycles. The molecule has 0 saturated carbocycles. The molecule has 0 fully saturated rings. The Morgan fingerprint density at radius 2 is 1.94 bits per heavy atom. The predicted molar refractivity (Wildman–Crippen MR) is 112 cm³/mol. The molecule has 35 heavy (non-hydrogen) atoms. The van der Waals surface area contributed by atoms with E-state index in [1.807, 2.05) is 0 Å². The Labute approximate surface area is 199 Å². The van der Waals surface area contributed by atoms with E-state index >= 15 is 0 Å². The van der Waals surface area contributed by atoms with Gasteiger partial charge in [-0.05, 0) is 19.9 Å². The first-order valence-corrected chi connectivity index (χ1v) is 9.99. The van der Waals surface area contributed by atoms with E-state index in [1.165, 1.54) is 13.2 Å². The first-order valence-electron chi connectivity index (χ1n) is 9.61. The van der Waals surface area contributed by atoms with Gasteiger partial charge in [0.05, 0.1) is 31.1 Å². The molecule has 0 saturated heterocycles. The van der Waals surface area contributed by atoms with Crippen LogP contribution in [0.4, 0.5) is 22.0 Å². The standard InChI is InChI=1S/C21H15ClF5N5O3/c1-9-13(18(34-3)31-10(2)30-9)7-32-8-29-17(21(26,27)20(24)25)16(19(32)33)35-14-5-12(22)4-11(6-28)15(14)23/h4-5,8,20H,7H2,1-3H3.